The summed E-state index contributed by atoms with van der Waals surface area (Å²) in [5.74, 6) is -0.469. The SMILES string of the molecule is Cc1ccc(S(=O)(=O)N[C@@H](Cc2ccccc2)C(=O)Nc2ccc(Cl)c(Br)c2)cc1. The van der Waals surface area contributed by atoms with E-state index in [1.807, 2.05) is 37.3 Å². The number of carbonyl (C=O) groups is 1. The van der Waals surface area contributed by atoms with E-state index in [2.05, 4.69) is 26.0 Å². The van der Waals surface area contributed by atoms with Crippen LogP contribution in [0.1, 0.15) is 11.1 Å². The molecule has 0 bridgehead atoms. The number of benzene rings is 3. The van der Waals surface area contributed by atoms with E-state index in [-0.39, 0.29) is 11.3 Å². The van der Waals surface area contributed by atoms with Gasteiger partial charge in [-0.25, -0.2) is 8.42 Å². The zero-order valence-corrected chi connectivity index (χ0v) is 19.3. The van der Waals surface area contributed by atoms with Crippen molar-refractivity contribution in [1.82, 2.24) is 4.72 Å². The molecule has 0 saturated heterocycles. The normalized spacial score (nSPS) is 12.4. The highest BCUT2D eigenvalue weighted by Gasteiger charge is 2.26. The maximum Gasteiger partial charge on any atom is 0.242 e. The van der Waals surface area contributed by atoms with Gasteiger partial charge in [-0.05, 0) is 65.2 Å². The molecule has 3 rings (SSSR count). The molecule has 30 heavy (non-hydrogen) atoms. The molecule has 0 radical (unpaired) electrons. The summed E-state index contributed by atoms with van der Waals surface area (Å²) in [6, 6.07) is 19.7. The molecule has 1 atom stereocenters. The quantitative estimate of drug-likeness (QED) is 0.476. The number of hydrogen-bond acceptors (Lipinski definition) is 3. The summed E-state index contributed by atoms with van der Waals surface area (Å²) >= 11 is 9.32. The first-order valence-corrected chi connectivity index (χ1v) is 11.8. The predicted octanol–water partition coefficient (Wildman–Crippen LogP) is 4.94. The summed E-state index contributed by atoms with van der Waals surface area (Å²) in [5, 5.41) is 3.27. The van der Waals surface area contributed by atoms with Crippen molar-refractivity contribution < 1.29 is 13.2 Å². The molecule has 0 spiro atoms. The third kappa shape index (κ3) is 5.92. The Balaban J connectivity index is 1.86. The molecule has 156 valence electrons. The topological polar surface area (TPSA) is 75.3 Å². The minimum atomic E-state index is -3.89. The Labute approximate surface area is 189 Å². The van der Waals surface area contributed by atoms with Crippen molar-refractivity contribution in [3.05, 3.63) is 93.4 Å². The maximum absolute atomic E-state index is 13.0. The highest BCUT2D eigenvalue weighted by atomic mass is 79.9. The molecule has 2 N–H and O–H groups in total. The molecule has 5 nitrogen and oxygen atoms in total. The lowest BCUT2D eigenvalue weighted by molar-refractivity contribution is -0.117. The molecule has 0 fully saturated rings. The van der Waals surface area contributed by atoms with Gasteiger partial charge < -0.3 is 5.32 Å². The van der Waals surface area contributed by atoms with Gasteiger partial charge in [-0.1, -0.05) is 59.6 Å². The van der Waals surface area contributed by atoms with Gasteiger partial charge in [0.25, 0.3) is 0 Å². The van der Waals surface area contributed by atoms with Gasteiger partial charge in [0.05, 0.1) is 9.92 Å². The second-order valence-electron chi connectivity index (χ2n) is 6.79. The summed E-state index contributed by atoms with van der Waals surface area (Å²) in [6.07, 6.45) is 0.201. The molecular formula is C22H20BrClN2O3S. The Kier molecular flexibility index (Phi) is 7.31. The molecule has 1 amide bonds. The van der Waals surface area contributed by atoms with Crippen LogP contribution in [0.5, 0.6) is 0 Å². The fourth-order valence-corrected chi connectivity index (χ4v) is 4.51. The van der Waals surface area contributed by atoms with E-state index in [9.17, 15) is 13.2 Å². The number of anilines is 1. The Morgan fingerprint density at radius 3 is 2.33 bits per heavy atom. The van der Waals surface area contributed by atoms with E-state index in [1.165, 1.54) is 12.1 Å². The number of rotatable bonds is 7. The first-order chi connectivity index (χ1) is 14.2. The van der Waals surface area contributed by atoms with Crippen LogP contribution in [0.3, 0.4) is 0 Å². The Bertz CT molecular complexity index is 1140. The summed E-state index contributed by atoms with van der Waals surface area (Å²) in [6.45, 7) is 1.87. The van der Waals surface area contributed by atoms with Gasteiger partial charge in [0.15, 0.2) is 0 Å². The summed E-state index contributed by atoms with van der Waals surface area (Å²) in [4.78, 5) is 13.1. The van der Waals surface area contributed by atoms with E-state index in [4.69, 9.17) is 11.6 Å². The molecular weight excluding hydrogens is 488 g/mol. The number of carbonyl (C=O) groups excluding carboxylic acids is 1. The van der Waals surface area contributed by atoms with Crippen molar-refractivity contribution in [3.63, 3.8) is 0 Å². The average molecular weight is 508 g/mol. The average Bonchev–Trinajstić information content (AvgIpc) is 2.71. The van der Waals surface area contributed by atoms with Crippen LogP contribution in [0, 0.1) is 6.92 Å². The fraction of sp³-hybridized carbons (Fsp3) is 0.136. The van der Waals surface area contributed by atoms with E-state index < -0.39 is 22.0 Å². The number of halogens is 2. The third-order valence-corrected chi connectivity index (χ3v) is 7.12. The van der Waals surface area contributed by atoms with Crippen LogP contribution >= 0.6 is 27.5 Å². The minimum absolute atomic E-state index is 0.105. The molecule has 0 unspecified atom stereocenters. The van der Waals surface area contributed by atoms with E-state index >= 15 is 0 Å². The van der Waals surface area contributed by atoms with Crippen molar-refractivity contribution >= 4 is 49.1 Å². The molecule has 0 saturated carbocycles. The van der Waals surface area contributed by atoms with Crippen molar-refractivity contribution in [3.8, 4) is 0 Å². The highest BCUT2D eigenvalue weighted by molar-refractivity contribution is 9.10. The number of hydrogen-bond donors (Lipinski definition) is 2. The predicted molar refractivity (Wildman–Crippen MR) is 123 cm³/mol. The second-order valence-corrected chi connectivity index (χ2v) is 9.77. The first kappa shape index (κ1) is 22.5. The van der Waals surface area contributed by atoms with Crippen LogP contribution in [0.25, 0.3) is 0 Å². The van der Waals surface area contributed by atoms with Gasteiger partial charge in [-0.15, -0.1) is 0 Å². The van der Waals surface area contributed by atoms with Gasteiger partial charge in [0, 0.05) is 10.2 Å². The highest BCUT2D eigenvalue weighted by Crippen LogP contribution is 2.25. The van der Waals surface area contributed by atoms with Crippen LogP contribution < -0.4 is 10.0 Å². The van der Waals surface area contributed by atoms with Gasteiger partial charge in [0.1, 0.15) is 6.04 Å². The Hall–Kier alpha value is -2.19. The summed E-state index contributed by atoms with van der Waals surface area (Å²) in [5.41, 5.74) is 2.28. The molecule has 0 aliphatic carbocycles. The van der Waals surface area contributed by atoms with Crippen LogP contribution in [-0.2, 0) is 21.2 Å². The van der Waals surface area contributed by atoms with Crippen LogP contribution in [0.15, 0.2) is 82.2 Å². The third-order valence-electron chi connectivity index (χ3n) is 4.41. The zero-order chi connectivity index (χ0) is 21.7. The second kappa shape index (κ2) is 9.75. The number of amides is 1. The van der Waals surface area contributed by atoms with Gasteiger partial charge >= 0.3 is 0 Å². The lowest BCUT2D eigenvalue weighted by atomic mass is 10.1. The zero-order valence-electron chi connectivity index (χ0n) is 16.1. The van der Waals surface area contributed by atoms with E-state index in [0.29, 0.717) is 15.2 Å². The smallest absolute Gasteiger partial charge is 0.242 e. The molecule has 0 heterocycles. The monoisotopic (exact) mass is 506 g/mol. The molecule has 3 aromatic carbocycles. The maximum atomic E-state index is 13.0. The lowest BCUT2D eigenvalue weighted by Crippen LogP contribution is -2.45. The van der Waals surface area contributed by atoms with Crippen molar-refractivity contribution in [2.45, 2.75) is 24.3 Å². The molecule has 0 aromatic heterocycles. The number of sulfonamides is 1. The van der Waals surface area contributed by atoms with Gasteiger partial charge in [-0.3, -0.25) is 4.79 Å². The van der Waals surface area contributed by atoms with Crippen molar-refractivity contribution in [1.29, 1.82) is 0 Å². The summed E-state index contributed by atoms with van der Waals surface area (Å²) < 4.78 is 28.9. The van der Waals surface area contributed by atoms with Crippen LogP contribution in [-0.4, -0.2) is 20.4 Å². The van der Waals surface area contributed by atoms with Crippen LogP contribution in [0.2, 0.25) is 5.02 Å². The molecule has 3 aromatic rings. The molecule has 8 heteroatoms. The van der Waals surface area contributed by atoms with Crippen LogP contribution in [0.4, 0.5) is 5.69 Å². The van der Waals surface area contributed by atoms with Gasteiger partial charge in [-0.2, -0.15) is 4.72 Å². The number of nitrogens with one attached hydrogen (secondary N) is 2. The Morgan fingerprint density at radius 1 is 1.03 bits per heavy atom. The minimum Gasteiger partial charge on any atom is -0.325 e. The first-order valence-electron chi connectivity index (χ1n) is 9.13. The standard InChI is InChI=1S/C22H20BrClN2O3S/c1-15-7-10-18(11-8-15)30(28,29)26-21(13-16-5-3-2-4-6-16)22(27)25-17-9-12-20(24)19(23)14-17/h2-12,14,21,26H,13H2,1H3,(H,25,27)/t21-/m0/s1. The fourth-order valence-electron chi connectivity index (χ4n) is 2.81. The Morgan fingerprint density at radius 2 is 1.70 bits per heavy atom. The molecule has 0 aliphatic heterocycles. The van der Waals surface area contributed by atoms with E-state index in [0.717, 1.165) is 11.1 Å². The summed E-state index contributed by atoms with van der Waals surface area (Å²) in [7, 11) is -3.89. The van der Waals surface area contributed by atoms with Crippen molar-refractivity contribution in [2.75, 3.05) is 5.32 Å². The molecule has 0 aliphatic rings. The largest absolute Gasteiger partial charge is 0.325 e. The number of aryl methyl sites for hydroxylation is 1. The van der Waals surface area contributed by atoms with E-state index in [1.54, 1.807) is 30.3 Å². The lowest BCUT2D eigenvalue weighted by Gasteiger charge is -2.19. The van der Waals surface area contributed by atoms with Gasteiger partial charge in [0.2, 0.25) is 15.9 Å². The van der Waals surface area contributed by atoms with Crippen molar-refractivity contribution in [2.24, 2.45) is 0 Å².